The minimum atomic E-state index is 0.394. The van der Waals surface area contributed by atoms with Gasteiger partial charge >= 0.3 is 0 Å². The summed E-state index contributed by atoms with van der Waals surface area (Å²) in [5.41, 5.74) is 3.44. The molecule has 0 aromatic carbocycles. The third-order valence-corrected chi connectivity index (χ3v) is 2.84. The van der Waals surface area contributed by atoms with E-state index in [1.807, 2.05) is 13.8 Å². The number of H-pyrrole nitrogens is 1. The first-order valence-corrected chi connectivity index (χ1v) is 4.71. The number of rotatable bonds is 1. The van der Waals surface area contributed by atoms with Crippen molar-refractivity contribution in [1.29, 1.82) is 0 Å². The molecule has 2 rings (SSSR count). The lowest BCUT2D eigenvalue weighted by molar-refractivity contribution is -0.117. The predicted molar refractivity (Wildman–Crippen MR) is 49.7 cm³/mol. The number of hydrogen-bond donors (Lipinski definition) is 1. The molecule has 3 nitrogen and oxygen atoms in total. The molecule has 1 aromatic heterocycles. The van der Waals surface area contributed by atoms with Crippen molar-refractivity contribution in [1.82, 2.24) is 10.2 Å². The van der Waals surface area contributed by atoms with Crippen molar-refractivity contribution < 1.29 is 4.79 Å². The molecule has 1 unspecified atom stereocenters. The number of nitrogens with zero attached hydrogens (tertiary/aromatic N) is 1. The smallest absolute Gasteiger partial charge is 0.133 e. The molecule has 0 aliphatic heterocycles. The lowest BCUT2D eigenvalue weighted by Gasteiger charge is -2.07. The Kier molecular flexibility index (Phi) is 1.94. The molecular formula is C10H14N2O. The van der Waals surface area contributed by atoms with Crippen molar-refractivity contribution in [2.24, 2.45) is 0 Å². The minimum absolute atomic E-state index is 0.394. The van der Waals surface area contributed by atoms with Crippen LogP contribution in [-0.2, 0) is 4.79 Å². The fraction of sp³-hybridized carbons (Fsp3) is 0.600. The predicted octanol–water partition coefficient (Wildman–Crippen LogP) is 1.86. The van der Waals surface area contributed by atoms with Crippen molar-refractivity contribution in [3.8, 4) is 0 Å². The molecule has 0 saturated heterocycles. The second kappa shape index (κ2) is 2.98. The zero-order valence-corrected chi connectivity index (χ0v) is 8.05. The van der Waals surface area contributed by atoms with Gasteiger partial charge in [-0.2, -0.15) is 5.10 Å². The molecule has 1 aliphatic carbocycles. The van der Waals surface area contributed by atoms with Gasteiger partial charge in [0.1, 0.15) is 5.78 Å². The van der Waals surface area contributed by atoms with Gasteiger partial charge in [0.2, 0.25) is 0 Å². The highest BCUT2D eigenvalue weighted by molar-refractivity contribution is 5.81. The summed E-state index contributed by atoms with van der Waals surface area (Å²) in [4.78, 5) is 11.1. The van der Waals surface area contributed by atoms with Crippen molar-refractivity contribution in [2.75, 3.05) is 0 Å². The monoisotopic (exact) mass is 178 g/mol. The third kappa shape index (κ3) is 1.39. The van der Waals surface area contributed by atoms with Crippen molar-refractivity contribution >= 4 is 5.78 Å². The van der Waals surface area contributed by atoms with E-state index < -0.39 is 0 Å². The van der Waals surface area contributed by atoms with Gasteiger partial charge in [0.25, 0.3) is 0 Å². The van der Waals surface area contributed by atoms with Crippen molar-refractivity contribution in [2.45, 2.75) is 39.0 Å². The molecule has 0 spiro atoms. The van der Waals surface area contributed by atoms with E-state index in [0.717, 1.165) is 24.2 Å². The van der Waals surface area contributed by atoms with Gasteiger partial charge in [-0.1, -0.05) is 0 Å². The van der Waals surface area contributed by atoms with Crippen LogP contribution in [0.2, 0.25) is 0 Å². The van der Waals surface area contributed by atoms with Crippen LogP contribution >= 0.6 is 0 Å². The van der Waals surface area contributed by atoms with E-state index in [9.17, 15) is 4.79 Å². The Morgan fingerprint density at radius 3 is 2.69 bits per heavy atom. The van der Waals surface area contributed by atoms with Gasteiger partial charge in [0.05, 0.1) is 5.69 Å². The van der Waals surface area contributed by atoms with Crippen LogP contribution in [0.25, 0.3) is 0 Å². The first-order chi connectivity index (χ1) is 6.18. The third-order valence-electron chi connectivity index (χ3n) is 2.84. The van der Waals surface area contributed by atoms with Crippen LogP contribution in [0.15, 0.2) is 0 Å². The van der Waals surface area contributed by atoms with Gasteiger partial charge in [-0.3, -0.25) is 9.89 Å². The maximum absolute atomic E-state index is 11.1. The topological polar surface area (TPSA) is 45.8 Å². The van der Waals surface area contributed by atoms with Crippen molar-refractivity contribution in [3.05, 3.63) is 17.0 Å². The summed E-state index contributed by atoms with van der Waals surface area (Å²) >= 11 is 0. The second-order valence-electron chi connectivity index (χ2n) is 3.83. The largest absolute Gasteiger partial charge is 0.300 e. The summed E-state index contributed by atoms with van der Waals surface area (Å²) in [6.45, 7) is 4.03. The highest BCUT2D eigenvalue weighted by Crippen LogP contribution is 2.34. The van der Waals surface area contributed by atoms with Crippen LogP contribution in [0, 0.1) is 13.8 Å². The summed E-state index contributed by atoms with van der Waals surface area (Å²) in [5.74, 6) is 0.816. The van der Waals surface area contributed by atoms with Gasteiger partial charge in [-0.05, 0) is 31.7 Å². The molecule has 1 N–H and O–H groups in total. The average molecular weight is 178 g/mol. The van der Waals surface area contributed by atoms with E-state index in [2.05, 4.69) is 10.2 Å². The number of Topliss-reactive ketones (excluding diaryl/α,β-unsaturated/α-hetero) is 1. The normalized spacial score (nSPS) is 22.6. The molecule has 1 heterocycles. The maximum atomic E-state index is 11.1. The summed E-state index contributed by atoms with van der Waals surface area (Å²) in [6, 6.07) is 0. The molecule has 1 saturated carbocycles. The Morgan fingerprint density at radius 1 is 1.46 bits per heavy atom. The lowest BCUT2D eigenvalue weighted by atomic mass is 9.96. The summed E-state index contributed by atoms with van der Waals surface area (Å²) in [6.07, 6.45) is 2.45. The fourth-order valence-electron chi connectivity index (χ4n) is 2.22. The zero-order valence-electron chi connectivity index (χ0n) is 8.05. The van der Waals surface area contributed by atoms with Crippen LogP contribution < -0.4 is 0 Å². The van der Waals surface area contributed by atoms with Crippen LogP contribution in [0.4, 0.5) is 0 Å². The van der Waals surface area contributed by atoms with Gasteiger partial charge in [-0.25, -0.2) is 0 Å². The first-order valence-electron chi connectivity index (χ1n) is 4.71. The molecule has 1 aliphatic rings. The van der Waals surface area contributed by atoms with E-state index in [1.165, 1.54) is 5.56 Å². The second-order valence-corrected chi connectivity index (χ2v) is 3.83. The molecule has 1 atom stereocenters. The number of carbonyl (C=O) groups excluding carboxylic acids is 1. The molecule has 70 valence electrons. The number of ketones is 1. The summed E-state index contributed by atoms with van der Waals surface area (Å²) in [5, 5.41) is 7.12. The van der Waals surface area contributed by atoms with E-state index in [0.29, 0.717) is 18.1 Å². The van der Waals surface area contributed by atoms with Crippen LogP contribution in [0.1, 0.15) is 42.1 Å². The van der Waals surface area contributed by atoms with E-state index in [4.69, 9.17) is 0 Å². The first kappa shape index (κ1) is 8.48. The number of aromatic amines is 1. The Labute approximate surface area is 77.5 Å². The van der Waals surface area contributed by atoms with Gasteiger partial charge in [0, 0.05) is 18.5 Å². The Hall–Kier alpha value is -1.12. The molecule has 1 aromatic rings. The SMILES string of the molecule is Cc1n[nH]c(C)c1C1CCC(=O)C1. The van der Waals surface area contributed by atoms with Crippen LogP contribution in [0.3, 0.4) is 0 Å². The molecule has 13 heavy (non-hydrogen) atoms. The summed E-state index contributed by atoms with van der Waals surface area (Å²) in [7, 11) is 0. The Bertz CT molecular complexity index is 321. The van der Waals surface area contributed by atoms with E-state index >= 15 is 0 Å². The zero-order chi connectivity index (χ0) is 9.42. The fourth-order valence-corrected chi connectivity index (χ4v) is 2.22. The quantitative estimate of drug-likeness (QED) is 0.713. The molecule has 0 radical (unpaired) electrons. The van der Waals surface area contributed by atoms with Crippen LogP contribution in [0.5, 0.6) is 0 Å². The van der Waals surface area contributed by atoms with Crippen LogP contribution in [-0.4, -0.2) is 16.0 Å². The maximum Gasteiger partial charge on any atom is 0.133 e. The molecule has 3 heteroatoms. The number of nitrogens with one attached hydrogen (secondary N) is 1. The summed E-state index contributed by atoms with van der Waals surface area (Å²) < 4.78 is 0. The van der Waals surface area contributed by atoms with Gasteiger partial charge < -0.3 is 0 Å². The minimum Gasteiger partial charge on any atom is -0.300 e. The van der Waals surface area contributed by atoms with E-state index in [1.54, 1.807) is 0 Å². The molecular weight excluding hydrogens is 164 g/mol. The molecule has 1 fully saturated rings. The van der Waals surface area contributed by atoms with Gasteiger partial charge in [-0.15, -0.1) is 0 Å². The number of aromatic nitrogens is 2. The van der Waals surface area contributed by atoms with Crippen molar-refractivity contribution in [3.63, 3.8) is 0 Å². The van der Waals surface area contributed by atoms with Gasteiger partial charge in [0.15, 0.2) is 0 Å². The highest BCUT2D eigenvalue weighted by Gasteiger charge is 2.27. The Balaban J connectivity index is 2.30. The Morgan fingerprint density at radius 2 is 2.23 bits per heavy atom. The standard InChI is InChI=1S/C10H14N2O/c1-6-10(7(2)12-11-6)8-3-4-9(13)5-8/h8H,3-5H2,1-2H3,(H,11,12). The highest BCUT2D eigenvalue weighted by atomic mass is 16.1. The lowest BCUT2D eigenvalue weighted by Crippen LogP contribution is -1.97. The average Bonchev–Trinajstić information content (AvgIpc) is 2.60. The number of aryl methyl sites for hydroxylation is 2. The van der Waals surface area contributed by atoms with E-state index in [-0.39, 0.29) is 0 Å². The molecule has 0 bridgehead atoms. The molecule has 0 amide bonds. The number of hydrogen-bond acceptors (Lipinski definition) is 2. The number of carbonyl (C=O) groups is 1.